The summed E-state index contributed by atoms with van der Waals surface area (Å²) >= 11 is 0. The van der Waals surface area contributed by atoms with Gasteiger partial charge in [-0.25, -0.2) is 28.4 Å². The highest BCUT2D eigenvalue weighted by Gasteiger charge is 2.50. The van der Waals surface area contributed by atoms with Gasteiger partial charge in [-0.1, -0.05) is 60.7 Å². The molecule has 8 unspecified atom stereocenters. The molecular weight excluding hydrogens is 1830 g/mol. The Morgan fingerprint density at radius 1 is 0.621 bits per heavy atom. The van der Waals surface area contributed by atoms with Crippen molar-refractivity contribution in [2.24, 2.45) is 0 Å². The van der Waals surface area contributed by atoms with Gasteiger partial charge in [-0.15, -0.1) is 5.10 Å². The number of carboxylic acid groups (broad SMARTS) is 1. The maximum Gasteiger partial charge on any atom is 0.407 e. The number of aliphatic hydroxyl groups excluding tert-OH is 3. The van der Waals surface area contributed by atoms with Crippen LogP contribution >= 0.6 is 0 Å². The van der Waals surface area contributed by atoms with Crippen molar-refractivity contribution in [2.75, 3.05) is 177 Å². The Kier molecular flexibility index (Phi) is 42.2. The van der Waals surface area contributed by atoms with Crippen LogP contribution in [0.4, 0.5) is 14.9 Å². The van der Waals surface area contributed by atoms with Gasteiger partial charge >= 0.3 is 18.0 Å². The van der Waals surface area contributed by atoms with Crippen LogP contribution in [-0.4, -0.2) is 307 Å². The van der Waals surface area contributed by atoms with Crippen molar-refractivity contribution in [3.63, 3.8) is 0 Å². The monoisotopic (exact) mass is 1960 g/mol. The molecule has 12 rings (SSSR count). The minimum Gasteiger partial charge on any atom is -0.479 e. The number of carbonyl (C=O) groups excluding carboxylic acids is 7. The van der Waals surface area contributed by atoms with Gasteiger partial charge < -0.3 is 137 Å². The molecule has 5 aliphatic rings. The molecule has 7 heterocycles. The molecule has 0 bridgehead atoms. The number of halogens is 1. The number of carbonyl (C=O) groups is 8. The molecule has 7 aromatic rings. The number of fused-ring (bicyclic) bond motifs is 10. The van der Waals surface area contributed by atoms with Crippen molar-refractivity contribution in [1.29, 1.82) is 0 Å². The van der Waals surface area contributed by atoms with E-state index in [2.05, 4.69) is 36.9 Å². The van der Waals surface area contributed by atoms with Crippen LogP contribution in [0.2, 0.25) is 0 Å². The maximum absolute atomic E-state index is 15.8. The Bertz CT molecular complexity index is 5370. The van der Waals surface area contributed by atoms with E-state index in [4.69, 9.17) is 80.8 Å². The molecule has 1 aliphatic carbocycles. The fraction of sp³-hybridized carbons (Fsp3) is 0.571. The van der Waals surface area contributed by atoms with E-state index in [9.17, 15) is 68.7 Å². The van der Waals surface area contributed by atoms with Gasteiger partial charge in [0.1, 0.15) is 54.8 Å². The van der Waals surface area contributed by atoms with Gasteiger partial charge in [0.2, 0.25) is 35.8 Å². The Balaban J connectivity index is 0.591. The first-order valence-corrected chi connectivity index (χ1v) is 47.7. The van der Waals surface area contributed by atoms with E-state index in [0.717, 1.165) is 22.4 Å². The summed E-state index contributed by atoms with van der Waals surface area (Å²) in [6.07, 6.45) is -9.24. The van der Waals surface area contributed by atoms with Gasteiger partial charge in [-0.3, -0.25) is 28.8 Å². The van der Waals surface area contributed by atoms with Crippen molar-refractivity contribution in [3.05, 3.63) is 145 Å². The molecule has 42 heteroatoms. The van der Waals surface area contributed by atoms with E-state index in [1.165, 1.54) is 34.9 Å². The normalized spacial score (nSPS) is 18.0. The molecule has 4 aromatic carbocycles. The Morgan fingerprint density at radius 3 is 1.84 bits per heavy atom. The molecule has 1 saturated heterocycles. The molecule has 3 aromatic heterocycles. The molecule has 0 spiro atoms. The lowest BCUT2D eigenvalue weighted by molar-refractivity contribution is -0.271. The van der Waals surface area contributed by atoms with Crippen LogP contribution in [-0.2, 0) is 149 Å². The zero-order valence-electron chi connectivity index (χ0n) is 79.8. The number of pyridine rings is 2. The number of esters is 1. The highest BCUT2D eigenvalue weighted by molar-refractivity contribution is 6.00. The fourth-order valence-corrected chi connectivity index (χ4v) is 17.0. The molecule has 0 saturated carbocycles. The largest absolute Gasteiger partial charge is 0.479 e. The molecule has 1 fully saturated rings. The van der Waals surface area contributed by atoms with Gasteiger partial charge in [-0.2, -0.15) is 0 Å². The average molecular weight is 1960 g/mol. The van der Waals surface area contributed by atoms with Crippen LogP contribution in [0.25, 0.3) is 44.8 Å². The molecule has 41 nitrogen and oxygen atoms in total. The maximum atomic E-state index is 15.8. The number of nitrogens with one attached hydrogen (secondary N) is 5. The lowest BCUT2D eigenvalue weighted by Gasteiger charge is -2.38. The molecule has 6 amide bonds. The van der Waals surface area contributed by atoms with E-state index >= 15 is 4.39 Å². The molecule has 140 heavy (non-hydrogen) atoms. The average Bonchev–Trinajstić information content (AvgIpc) is 1.53. The molecule has 8 atom stereocenters. The Hall–Kier alpha value is -11.0. The number of aliphatic carboxylic acids is 1. The Labute approximate surface area is 809 Å². The summed E-state index contributed by atoms with van der Waals surface area (Å²) in [5.74, 6) is -5.39. The smallest absolute Gasteiger partial charge is 0.407 e. The number of aromatic nitrogens is 5. The lowest BCUT2D eigenvalue weighted by atomic mass is 9.81. The quantitative estimate of drug-likeness (QED) is 0.0168. The highest BCUT2D eigenvalue weighted by Crippen LogP contribution is 2.47. The van der Waals surface area contributed by atoms with Gasteiger partial charge in [0.15, 0.2) is 11.7 Å². The minimum atomic E-state index is -2.12. The van der Waals surface area contributed by atoms with Crippen LogP contribution in [0.3, 0.4) is 0 Å². The van der Waals surface area contributed by atoms with Crippen LogP contribution in [0.1, 0.15) is 154 Å². The van der Waals surface area contributed by atoms with Crippen LogP contribution in [0.5, 0.6) is 5.75 Å². The van der Waals surface area contributed by atoms with Crippen LogP contribution < -0.4 is 41.8 Å². The van der Waals surface area contributed by atoms with Gasteiger partial charge in [0, 0.05) is 97.7 Å². The van der Waals surface area contributed by atoms with Crippen molar-refractivity contribution >= 4 is 64.2 Å². The second kappa shape index (κ2) is 54.8. The summed E-state index contributed by atoms with van der Waals surface area (Å²) < 4.78 is 107. The molecular formula is C98H130FN11O30. The number of aliphatic hydroxyl groups is 4. The number of methoxy groups -OCH3 is 1. The third kappa shape index (κ3) is 29.4. The standard InChI is InChI=1S/C98H130FN11O30/c1-6-98(124)71-54-77-85-69(58-109(77)93(119)70(71)60-137-96(98)122)84-73(24-23-66-62(4)72(99)55-75(104-85)83(66)84)105-97(123)138-59-63-22-25-78(139-95-90(117)88(115)89(116)91(140-95)94(120)121)65(53-63)56-102-79(111)26-29-101-92(118)74(103-81(113)20-11-12-21-82(114)108-57-64-15-7-8-16-67(64)87-86(106-107-110(87)61(2)3)68-17-9-10-19-76(68)108)18-13-14-28-100-80(112)27-30-126-33-34-128-37-38-130-41-42-132-45-46-134-49-50-136-52-51-135-48-47-133-44-43-131-40-39-129-36-35-127-32-31-125-5/h7-10,15-17,19,22,25,53-55,61,73-74,88-91,95,115-117,124H,6,11-14,18,20-21,23-24,26-52,56-60H2,1-5H3,(H,100,112)(H,101,118)(H,102,111)(H,103,113)(H,105,123)(H,120,121). The fourth-order valence-electron chi connectivity index (χ4n) is 17.0. The molecule has 10 N–H and O–H groups in total. The zero-order chi connectivity index (χ0) is 99.5. The van der Waals surface area contributed by atoms with E-state index in [-0.39, 0.29) is 168 Å². The predicted molar refractivity (Wildman–Crippen MR) is 500 cm³/mol. The number of carboxylic acids is 1. The zero-order valence-corrected chi connectivity index (χ0v) is 79.8. The number of benzene rings is 4. The van der Waals surface area contributed by atoms with E-state index in [1.54, 1.807) is 25.9 Å². The molecule has 4 aliphatic heterocycles. The van der Waals surface area contributed by atoms with Gasteiger partial charge in [0.25, 0.3) is 5.56 Å². The number of hydrogen-bond acceptors (Lipinski definition) is 32. The number of anilines is 1. The van der Waals surface area contributed by atoms with Crippen molar-refractivity contribution in [1.82, 2.24) is 51.1 Å². The number of cyclic esters (lactones) is 1. The number of para-hydroxylation sites is 1. The van der Waals surface area contributed by atoms with Gasteiger partial charge in [-0.05, 0) is 124 Å². The topological polar surface area (TPSA) is 514 Å². The summed E-state index contributed by atoms with van der Waals surface area (Å²) in [5, 5.41) is 77.6. The first kappa shape index (κ1) is 108. The summed E-state index contributed by atoms with van der Waals surface area (Å²) in [5.41, 5.74) is 5.61. The van der Waals surface area contributed by atoms with E-state index in [0.29, 0.717) is 202 Å². The summed E-state index contributed by atoms with van der Waals surface area (Å²) in [6.45, 7) is 15.9. The summed E-state index contributed by atoms with van der Waals surface area (Å²) in [6, 6.07) is 20.6. The number of rotatable bonds is 61. The number of hydrogen-bond donors (Lipinski definition) is 10. The third-order valence-electron chi connectivity index (χ3n) is 24.4. The SMILES string of the molecule is CCC1(O)C(=O)OCc2c1cc1n(c2=O)Cc2c-1nc1cc(F)c(C)c3c1c2C(NC(=O)OCc1ccc(OC2OC(C(=O)O)C(O)C(O)C2O)c(CNC(=O)CCNC(=O)C(CCCCNC(=O)CCOCCOCCOCCOCCOCCOCCOCCOCCOCCOCCOCCOC)NC(=O)CCCCC(=O)N2Cc4ccccc4-c4c(nnn4C(C)C)-c4ccccc42)c1)CC3. The van der Waals surface area contributed by atoms with Crippen molar-refractivity contribution in [3.8, 4) is 39.7 Å². The van der Waals surface area contributed by atoms with Crippen molar-refractivity contribution in [2.45, 2.75) is 192 Å². The first-order chi connectivity index (χ1) is 67.9. The predicted octanol–water partition coefficient (Wildman–Crippen LogP) is 5.44. The number of ether oxygens (including phenoxy) is 16. The van der Waals surface area contributed by atoms with E-state index < -0.39 is 102 Å². The number of unbranched alkanes of at least 4 members (excludes halogenated alkanes) is 2. The van der Waals surface area contributed by atoms with Gasteiger partial charge in [0.05, 0.1) is 205 Å². The number of amides is 6. The Morgan fingerprint density at radius 2 is 1.22 bits per heavy atom. The van der Waals surface area contributed by atoms with Crippen LogP contribution in [0.15, 0.2) is 83.7 Å². The summed E-state index contributed by atoms with van der Waals surface area (Å²) in [4.78, 5) is 130. The van der Waals surface area contributed by atoms with E-state index in [1.807, 2.05) is 67.1 Å². The molecule has 764 valence electrons. The first-order valence-electron chi connectivity index (χ1n) is 47.7. The van der Waals surface area contributed by atoms with Crippen LogP contribution in [0, 0.1) is 12.7 Å². The highest BCUT2D eigenvalue weighted by atomic mass is 19.1. The summed E-state index contributed by atoms with van der Waals surface area (Å²) in [7, 11) is 1.63. The minimum absolute atomic E-state index is 0.00229. The lowest BCUT2D eigenvalue weighted by Crippen LogP contribution is -2.61. The molecule has 0 radical (unpaired) electrons. The number of alkyl carbamates (subject to hydrolysis) is 1. The second-order valence-corrected chi connectivity index (χ2v) is 34.4. The third-order valence-corrected chi connectivity index (χ3v) is 24.4. The second-order valence-electron chi connectivity index (χ2n) is 34.4. The van der Waals surface area contributed by atoms with Crippen molar-refractivity contribution < 1.29 is 144 Å². The number of aryl methyl sites for hydroxylation is 1. The number of nitrogens with zero attached hydrogens (tertiary/aromatic N) is 6.